The average Bonchev–Trinajstić information content (AvgIpc) is 3.05. The Morgan fingerprint density at radius 2 is 2.15 bits per heavy atom. The molecule has 0 saturated carbocycles. The second-order valence-electron chi connectivity index (χ2n) is 4.62. The van der Waals surface area contributed by atoms with E-state index in [0.29, 0.717) is 18.1 Å². The number of nitrogens with zero attached hydrogens (tertiary/aromatic N) is 2. The van der Waals surface area contributed by atoms with E-state index in [-0.39, 0.29) is 5.91 Å². The predicted molar refractivity (Wildman–Crippen MR) is 76.6 cm³/mol. The Hall–Kier alpha value is -2.08. The van der Waals surface area contributed by atoms with Crippen molar-refractivity contribution in [1.29, 1.82) is 0 Å². The number of anilines is 1. The van der Waals surface area contributed by atoms with Crippen molar-refractivity contribution in [3.05, 3.63) is 35.4 Å². The molecule has 108 valence electrons. The second-order valence-corrected chi connectivity index (χ2v) is 4.62. The topological polar surface area (TPSA) is 74.2 Å². The zero-order chi connectivity index (χ0) is 14.5. The van der Waals surface area contributed by atoms with Gasteiger partial charge in [0.05, 0.1) is 6.54 Å². The van der Waals surface area contributed by atoms with Crippen LogP contribution in [-0.4, -0.2) is 34.1 Å². The predicted octanol–water partition coefficient (Wildman–Crippen LogP) is 2.41. The number of nitrogens with one attached hydrogen (secondary N) is 2. The fourth-order valence-electron chi connectivity index (χ4n) is 1.91. The third-order valence-corrected chi connectivity index (χ3v) is 3.11. The summed E-state index contributed by atoms with van der Waals surface area (Å²) in [5.41, 5.74) is 0.891. The normalized spacial score (nSPS) is 11.0. The lowest BCUT2D eigenvalue weighted by atomic mass is 10.3. The van der Waals surface area contributed by atoms with Crippen LogP contribution in [0.5, 0.6) is 0 Å². The summed E-state index contributed by atoms with van der Waals surface area (Å²) in [5.74, 6) is 1.29. The van der Waals surface area contributed by atoms with E-state index < -0.39 is 0 Å². The van der Waals surface area contributed by atoms with E-state index in [1.54, 1.807) is 12.1 Å². The van der Waals surface area contributed by atoms with E-state index >= 15 is 0 Å². The molecule has 6 heteroatoms. The van der Waals surface area contributed by atoms with Crippen LogP contribution in [0.4, 0.5) is 5.82 Å². The van der Waals surface area contributed by atoms with Gasteiger partial charge in [-0.1, -0.05) is 13.8 Å². The number of hydrogen-bond donors (Lipinski definition) is 2. The molecule has 0 bridgehead atoms. The van der Waals surface area contributed by atoms with Crippen molar-refractivity contribution < 1.29 is 9.21 Å². The summed E-state index contributed by atoms with van der Waals surface area (Å²) in [7, 11) is 0. The van der Waals surface area contributed by atoms with E-state index in [9.17, 15) is 4.79 Å². The van der Waals surface area contributed by atoms with Gasteiger partial charge in [-0.3, -0.25) is 14.8 Å². The number of carbonyl (C=O) groups excluding carboxylic acids is 1. The Morgan fingerprint density at radius 3 is 2.75 bits per heavy atom. The molecule has 0 fully saturated rings. The summed E-state index contributed by atoms with van der Waals surface area (Å²) < 4.78 is 5.57. The number of carbonyl (C=O) groups is 1. The summed E-state index contributed by atoms with van der Waals surface area (Å²) >= 11 is 0. The quantitative estimate of drug-likeness (QED) is 0.849. The van der Waals surface area contributed by atoms with Gasteiger partial charge in [-0.15, -0.1) is 0 Å². The van der Waals surface area contributed by atoms with Gasteiger partial charge in [-0.05, 0) is 32.1 Å². The van der Waals surface area contributed by atoms with Gasteiger partial charge in [-0.2, -0.15) is 5.10 Å². The van der Waals surface area contributed by atoms with E-state index in [2.05, 4.69) is 34.3 Å². The SMILES string of the molecule is CCN(CC)Cc1ccc(C(=O)Nc2cc(C)[nH]n2)o1. The average molecular weight is 276 g/mol. The number of rotatable bonds is 6. The minimum absolute atomic E-state index is 0.290. The van der Waals surface area contributed by atoms with Gasteiger partial charge in [0.2, 0.25) is 0 Å². The highest BCUT2D eigenvalue weighted by Gasteiger charge is 2.13. The maximum atomic E-state index is 12.0. The molecular weight excluding hydrogens is 256 g/mol. The molecule has 2 heterocycles. The molecule has 20 heavy (non-hydrogen) atoms. The molecule has 1 amide bonds. The second kappa shape index (κ2) is 6.38. The van der Waals surface area contributed by atoms with Gasteiger partial charge in [0.25, 0.3) is 5.91 Å². The Labute approximate surface area is 118 Å². The minimum atomic E-state index is -0.290. The number of aromatic nitrogens is 2. The first-order valence-electron chi connectivity index (χ1n) is 6.76. The van der Waals surface area contributed by atoms with Crippen LogP contribution in [-0.2, 0) is 6.54 Å². The third kappa shape index (κ3) is 3.48. The summed E-state index contributed by atoms with van der Waals surface area (Å²) in [4.78, 5) is 14.2. The van der Waals surface area contributed by atoms with Crippen LogP contribution < -0.4 is 5.32 Å². The van der Waals surface area contributed by atoms with Crippen LogP contribution in [0.1, 0.15) is 35.9 Å². The van der Waals surface area contributed by atoms with E-state index in [1.165, 1.54) is 0 Å². The van der Waals surface area contributed by atoms with Crippen molar-refractivity contribution in [2.24, 2.45) is 0 Å². The largest absolute Gasteiger partial charge is 0.455 e. The Bertz CT molecular complexity index is 569. The molecule has 0 aliphatic heterocycles. The molecule has 0 aliphatic carbocycles. The van der Waals surface area contributed by atoms with E-state index in [4.69, 9.17) is 4.42 Å². The molecule has 0 aromatic carbocycles. The highest BCUT2D eigenvalue weighted by Crippen LogP contribution is 2.13. The number of furan rings is 1. The van der Waals surface area contributed by atoms with Crippen molar-refractivity contribution >= 4 is 11.7 Å². The van der Waals surface area contributed by atoms with Gasteiger partial charge in [-0.25, -0.2) is 0 Å². The Balaban J connectivity index is 1.99. The molecule has 0 saturated heterocycles. The zero-order valence-corrected chi connectivity index (χ0v) is 12.1. The summed E-state index contributed by atoms with van der Waals surface area (Å²) in [6, 6.07) is 5.29. The molecular formula is C14H20N4O2. The van der Waals surface area contributed by atoms with Crippen molar-refractivity contribution in [2.75, 3.05) is 18.4 Å². The number of hydrogen-bond acceptors (Lipinski definition) is 4. The molecule has 0 spiro atoms. The Kier molecular flexibility index (Phi) is 4.57. The first-order valence-corrected chi connectivity index (χ1v) is 6.76. The molecule has 6 nitrogen and oxygen atoms in total. The van der Waals surface area contributed by atoms with Crippen molar-refractivity contribution in [3.8, 4) is 0 Å². The Morgan fingerprint density at radius 1 is 1.40 bits per heavy atom. The monoisotopic (exact) mass is 276 g/mol. The minimum Gasteiger partial charge on any atom is -0.455 e. The van der Waals surface area contributed by atoms with Crippen LogP contribution in [0.15, 0.2) is 22.6 Å². The lowest BCUT2D eigenvalue weighted by molar-refractivity contribution is 0.0992. The molecule has 0 radical (unpaired) electrons. The van der Waals surface area contributed by atoms with Gasteiger partial charge in [0.1, 0.15) is 5.76 Å². The summed E-state index contributed by atoms with van der Waals surface area (Å²) in [6.07, 6.45) is 0. The highest BCUT2D eigenvalue weighted by atomic mass is 16.4. The lowest BCUT2D eigenvalue weighted by Gasteiger charge is -2.15. The highest BCUT2D eigenvalue weighted by molar-refractivity contribution is 6.01. The van der Waals surface area contributed by atoms with Gasteiger partial charge in [0.15, 0.2) is 11.6 Å². The molecule has 2 N–H and O–H groups in total. The fraction of sp³-hybridized carbons (Fsp3) is 0.429. The third-order valence-electron chi connectivity index (χ3n) is 3.11. The van der Waals surface area contributed by atoms with Gasteiger partial charge >= 0.3 is 0 Å². The number of aromatic amines is 1. The molecule has 0 atom stereocenters. The smallest absolute Gasteiger partial charge is 0.292 e. The molecule has 2 aromatic heterocycles. The first-order chi connectivity index (χ1) is 9.62. The van der Waals surface area contributed by atoms with Crippen LogP contribution in [0, 0.1) is 6.92 Å². The van der Waals surface area contributed by atoms with Crippen molar-refractivity contribution in [3.63, 3.8) is 0 Å². The molecule has 0 aliphatic rings. The number of H-pyrrole nitrogens is 1. The molecule has 2 aromatic rings. The summed E-state index contributed by atoms with van der Waals surface area (Å²) in [6.45, 7) is 8.68. The van der Waals surface area contributed by atoms with Gasteiger partial charge in [0, 0.05) is 11.8 Å². The fourth-order valence-corrected chi connectivity index (χ4v) is 1.91. The molecule has 2 rings (SSSR count). The van der Waals surface area contributed by atoms with Crippen LogP contribution >= 0.6 is 0 Å². The van der Waals surface area contributed by atoms with E-state index in [1.807, 2.05) is 13.0 Å². The van der Waals surface area contributed by atoms with Crippen molar-refractivity contribution in [1.82, 2.24) is 15.1 Å². The standard InChI is InChI=1S/C14H20N4O2/c1-4-18(5-2)9-11-6-7-12(20-11)14(19)15-13-8-10(3)16-17-13/h6-8H,4-5,9H2,1-3H3,(H2,15,16,17,19). The lowest BCUT2D eigenvalue weighted by Crippen LogP contribution is -2.21. The van der Waals surface area contributed by atoms with Crippen LogP contribution in [0.3, 0.4) is 0 Å². The molecule has 0 unspecified atom stereocenters. The van der Waals surface area contributed by atoms with Gasteiger partial charge < -0.3 is 9.73 Å². The van der Waals surface area contributed by atoms with Crippen LogP contribution in [0.2, 0.25) is 0 Å². The number of aryl methyl sites for hydroxylation is 1. The number of amides is 1. The van der Waals surface area contributed by atoms with Crippen LogP contribution in [0.25, 0.3) is 0 Å². The maximum Gasteiger partial charge on any atom is 0.292 e. The van der Waals surface area contributed by atoms with E-state index in [0.717, 1.165) is 24.5 Å². The van der Waals surface area contributed by atoms with Crippen molar-refractivity contribution in [2.45, 2.75) is 27.3 Å². The maximum absolute atomic E-state index is 12.0. The zero-order valence-electron chi connectivity index (χ0n) is 12.1. The summed E-state index contributed by atoms with van der Waals surface area (Å²) in [5, 5.41) is 9.41. The first kappa shape index (κ1) is 14.3.